The fourth-order valence-corrected chi connectivity index (χ4v) is 5.82. The fraction of sp³-hybridized carbons (Fsp3) is 0.353. The molecule has 134 valence electrons. The Labute approximate surface area is 156 Å². The summed E-state index contributed by atoms with van der Waals surface area (Å²) in [5.41, 5.74) is 1.91. The number of ether oxygens (including phenoxy) is 1. The average Bonchev–Trinajstić information content (AvgIpc) is 2.93. The smallest absolute Gasteiger partial charge is 0.341 e. The van der Waals surface area contributed by atoms with Gasteiger partial charge in [-0.25, -0.2) is 13.2 Å². The number of methoxy groups -OCH3 is 1. The molecule has 0 radical (unpaired) electrons. The number of sulfonamides is 1. The highest BCUT2D eigenvalue weighted by molar-refractivity contribution is 7.92. The van der Waals surface area contributed by atoms with Gasteiger partial charge in [-0.05, 0) is 48.9 Å². The lowest BCUT2D eigenvalue weighted by atomic mass is 9.95. The third kappa shape index (κ3) is 4.16. The van der Waals surface area contributed by atoms with Crippen LogP contribution in [0.25, 0.3) is 0 Å². The number of thiophene rings is 1. The summed E-state index contributed by atoms with van der Waals surface area (Å²) in [7, 11) is -2.35. The summed E-state index contributed by atoms with van der Waals surface area (Å²) < 4.78 is 32.5. The molecule has 0 spiro atoms. The van der Waals surface area contributed by atoms with Crippen LogP contribution in [-0.4, -0.2) is 21.5 Å². The average molecular weight is 400 g/mol. The molecule has 1 heterocycles. The number of carbonyl (C=O) groups is 1. The van der Waals surface area contributed by atoms with Gasteiger partial charge in [-0.2, -0.15) is 0 Å². The largest absolute Gasteiger partial charge is 0.465 e. The van der Waals surface area contributed by atoms with Crippen LogP contribution in [0.5, 0.6) is 0 Å². The van der Waals surface area contributed by atoms with Crippen molar-refractivity contribution in [1.82, 2.24) is 0 Å². The van der Waals surface area contributed by atoms with E-state index >= 15 is 0 Å². The minimum atomic E-state index is -3.65. The van der Waals surface area contributed by atoms with Crippen LogP contribution in [0.4, 0.5) is 5.00 Å². The van der Waals surface area contributed by atoms with E-state index < -0.39 is 16.0 Å². The van der Waals surface area contributed by atoms with Gasteiger partial charge in [0.05, 0.1) is 18.4 Å². The van der Waals surface area contributed by atoms with E-state index in [2.05, 4.69) is 4.72 Å². The molecule has 1 N–H and O–H groups in total. The van der Waals surface area contributed by atoms with Crippen LogP contribution in [0, 0.1) is 0 Å². The van der Waals surface area contributed by atoms with Gasteiger partial charge >= 0.3 is 5.97 Å². The first-order chi connectivity index (χ1) is 11.9. The van der Waals surface area contributed by atoms with Gasteiger partial charge in [0.2, 0.25) is 10.0 Å². The molecule has 25 heavy (non-hydrogen) atoms. The lowest BCUT2D eigenvalue weighted by Gasteiger charge is -2.12. The number of carbonyl (C=O) groups excluding carboxylic acids is 1. The van der Waals surface area contributed by atoms with Gasteiger partial charge in [0.25, 0.3) is 0 Å². The number of hydrogen-bond donors (Lipinski definition) is 1. The minimum Gasteiger partial charge on any atom is -0.465 e. The predicted molar refractivity (Wildman–Crippen MR) is 100.0 cm³/mol. The van der Waals surface area contributed by atoms with Gasteiger partial charge in [-0.15, -0.1) is 11.3 Å². The molecule has 1 aliphatic rings. The number of rotatable bonds is 5. The van der Waals surface area contributed by atoms with Crippen LogP contribution >= 0.6 is 22.9 Å². The Kier molecular flexibility index (Phi) is 5.36. The maximum Gasteiger partial charge on any atom is 0.341 e. The third-order valence-corrected chi connectivity index (χ3v) is 6.90. The Morgan fingerprint density at radius 3 is 2.60 bits per heavy atom. The van der Waals surface area contributed by atoms with Crippen LogP contribution in [-0.2, 0) is 33.4 Å². The molecule has 1 aromatic heterocycles. The van der Waals surface area contributed by atoms with Crippen molar-refractivity contribution in [3.05, 3.63) is 50.9 Å². The van der Waals surface area contributed by atoms with Crippen molar-refractivity contribution >= 4 is 43.9 Å². The first-order valence-corrected chi connectivity index (χ1v) is 10.7. The molecule has 0 atom stereocenters. The molecule has 0 aliphatic heterocycles. The van der Waals surface area contributed by atoms with Gasteiger partial charge in [0.1, 0.15) is 5.00 Å². The summed E-state index contributed by atoms with van der Waals surface area (Å²) in [4.78, 5) is 13.2. The molecule has 0 saturated carbocycles. The molecule has 5 nitrogen and oxygen atoms in total. The number of benzene rings is 1. The number of anilines is 1. The van der Waals surface area contributed by atoms with E-state index in [0.29, 0.717) is 21.2 Å². The summed E-state index contributed by atoms with van der Waals surface area (Å²) in [5.74, 6) is -0.684. The summed E-state index contributed by atoms with van der Waals surface area (Å²) in [6, 6.07) is 6.64. The Bertz CT molecular complexity index is 888. The van der Waals surface area contributed by atoms with Crippen LogP contribution < -0.4 is 4.72 Å². The number of aryl methyl sites for hydroxylation is 1. The van der Waals surface area contributed by atoms with Crippen molar-refractivity contribution in [3.8, 4) is 0 Å². The monoisotopic (exact) mass is 399 g/mol. The summed E-state index contributed by atoms with van der Waals surface area (Å²) in [5, 5.41) is 0.903. The molecule has 0 amide bonds. The molecule has 0 unspecified atom stereocenters. The zero-order valence-corrected chi connectivity index (χ0v) is 16.1. The second-order valence-electron chi connectivity index (χ2n) is 5.89. The quantitative estimate of drug-likeness (QED) is 0.771. The summed E-state index contributed by atoms with van der Waals surface area (Å²) >= 11 is 7.16. The predicted octanol–water partition coefficient (Wildman–Crippen LogP) is 4.01. The highest BCUT2D eigenvalue weighted by Crippen LogP contribution is 2.39. The molecule has 0 bridgehead atoms. The maximum absolute atomic E-state index is 12.5. The highest BCUT2D eigenvalue weighted by Gasteiger charge is 2.28. The van der Waals surface area contributed by atoms with Gasteiger partial charge in [-0.3, -0.25) is 4.72 Å². The standard InChI is InChI=1S/C17H18ClNO4S2/c1-23-17(20)15-13-4-2-3-5-14(13)24-16(15)19-25(21,22)10-11-6-8-12(18)9-7-11/h6-9,19H,2-5,10H2,1H3. The minimum absolute atomic E-state index is 0.187. The molecule has 0 saturated heterocycles. The number of nitrogens with one attached hydrogen (secondary N) is 1. The van der Waals surface area contributed by atoms with Crippen LogP contribution in [0.3, 0.4) is 0 Å². The maximum atomic E-state index is 12.5. The Morgan fingerprint density at radius 2 is 1.92 bits per heavy atom. The number of hydrogen-bond acceptors (Lipinski definition) is 5. The van der Waals surface area contributed by atoms with Gasteiger partial charge in [-0.1, -0.05) is 23.7 Å². The Balaban J connectivity index is 1.89. The fourth-order valence-electron chi connectivity index (χ4n) is 2.93. The first-order valence-electron chi connectivity index (χ1n) is 7.87. The first kappa shape index (κ1) is 18.2. The van der Waals surface area contributed by atoms with Crippen molar-refractivity contribution in [1.29, 1.82) is 0 Å². The molecule has 1 aliphatic carbocycles. The molecule has 8 heteroatoms. The van der Waals surface area contributed by atoms with Crippen LogP contribution in [0.2, 0.25) is 5.02 Å². The zero-order chi connectivity index (χ0) is 18.0. The van der Waals surface area contributed by atoms with E-state index in [4.69, 9.17) is 16.3 Å². The van der Waals surface area contributed by atoms with Gasteiger partial charge in [0, 0.05) is 9.90 Å². The van der Waals surface area contributed by atoms with E-state index in [-0.39, 0.29) is 5.75 Å². The third-order valence-electron chi connectivity index (χ3n) is 4.08. The van der Waals surface area contributed by atoms with E-state index in [1.165, 1.54) is 18.4 Å². The molecule has 0 fully saturated rings. The summed E-state index contributed by atoms with van der Waals surface area (Å²) in [6.45, 7) is 0. The van der Waals surface area contributed by atoms with Crippen LogP contribution in [0.1, 0.15) is 39.2 Å². The Hall–Kier alpha value is -1.57. The Morgan fingerprint density at radius 1 is 1.24 bits per heavy atom. The van der Waals surface area contributed by atoms with Gasteiger partial charge in [0.15, 0.2) is 0 Å². The SMILES string of the molecule is COC(=O)c1c(NS(=O)(=O)Cc2ccc(Cl)cc2)sc2c1CCCC2. The molecular weight excluding hydrogens is 382 g/mol. The van der Waals surface area contributed by atoms with Crippen molar-refractivity contribution in [3.63, 3.8) is 0 Å². The van der Waals surface area contributed by atoms with E-state index in [1.807, 2.05) is 0 Å². The number of halogens is 1. The topological polar surface area (TPSA) is 72.5 Å². The molecule has 1 aromatic carbocycles. The lowest BCUT2D eigenvalue weighted by Crippen LogP contribution is -2.17. The number of esters is 1. The van der Waals surface area contributed by atoms with E-state index in [0.717, 1.165) is 36.1 Å². The van der Waals surface area contributed by atoms with E-state index in [1.54, 1.807) is 24.3 Å². The number of fused-ring (bicyclic) bond motifs is 1. The van der Waals surface area contributed by atoms with Crippen molar-refractivity contribution < 1.29 is 17.9 Å². The molecule has 3 rings (SSSR count). The van der Waals surface area contributed by atoms with Crippen molar-refractivity contribution in [2.45, 2.75) is 31.4 Å². The second-order valence-corrected chi connectivity index (χ2v) is 9.16. The van der Waals surface area contributed by atoms with Crippen molar-refractivity contribution in [2.75, 3.05) is 11.8 Å². The summed E-state index contributed by atoms with van der Waals surface area (Å²) in [6.07, 6.45) is 3.67. The molecular formula is C17H18ClNO4S2. The van der Waals surface area contributed by atoms with Crippen molar-refractivity contribution in [2.24, 2.45) is 0 Å². The van der Waals surface area contributed by atoms with Crippen LogP contribution in [0.15, 0.2) is 24.3 Å². The normalized spacial score (nSPS) is 14.0. The second kappa shape index (κ2) is 7.35. The molecule has 2 aromatic rings. The zero-order valence-electron chi connectivity index (χ0n) is 13.7. The van der Waals surface area contributed by atoms with E-state index in [9.17, 15) is 13.2 Å². The van der Waals surface area contributed by atoms with Gasteiger partial charge < -0.3 is 4.74 Å². The highest BCUT2D eigenvalue weighted by atomic mass is 35.5. The lowest BCUT2D eigenvalue weighted by molar-refractivity contribution is 0.0601.